The molecule has 17 heavy (non-hydrogen) atoms. The Hall–Kier alpha value is -0.610. The summed E-state index contributed by atoms with van der Waals surface area (Å²) < 4.78 is 5.26. The number of carbonyl (C=O) groups excluding carboxylic acids is 1. The second kappa shape index (κ2) is 4.94. The van der Waals surface area contributed by atoms with Gasteiger partial charge >= 0.3 is 0 Å². The summed E-state index contributed by atoms with van der Waals surface area (Å²) in [6, 6.07) is 0. The molecule has 4 heteroatoms. The third-order valence-electron chi connectivity index (χ3n) is 4.23. The van der Waals surface area contributed by atoms with Crippen molar-refractivity contribution in [3.05, 3.63) is 0 Å². The van der Waals surface area contributed by atoms with Gasteiger partial charge in [-0.1, -0.05) is 13.8 Å². The molecule has 0 spiro atoms. The quantitative estimate of drug-likeness (QED) is 0.790. The van der Waals surface area contributed by atoms with Gasteiger partial charge in [0.2, 0.25) is 5.91 Å². The van der Waals surface area contributed by atoms with Crippen molar-refractivity contribution >= 4 is 5.91 Å². The largest absolute Gasteiger partial charge is 0.384 e. The van der Waals surface area contributed by atoms with E-state index in [-0.39, 0.29) is 11.3 Å². The summed E-state index contributed by atoms with van der Waals surface area (Å²) in [5.41, 5.74) is 0.178. The maximum atomic E-state index is 12.3. The van der Waals surface area contributed by atoms with E-state index in [0.29, 0.717) is 11.8 Å². The Labute approximate surface area is 104 Å². The van der Waals surface area contributed by atoms with Crippen LogP contribution in [0.5, 0.6) is 0 Å². The molecule has 0 aromatic rings. The number of amides is 1. The fourth-order valence-corrected chi connectivity index (χ4v) is 2.97. The minimum absolute atomic E-state index is 0.178. The molecule has 2 saturated heterocycles. The van der Waals surface area contributed by atoms with Crippen molar-refractivity contribution in [3.63, 3.8) is 0 Å². The van der Waals surface area contributed by atoms with Crippen LogP contribution in [0, 0.1) is 17.3 Å². The lowest BCUT2D eigenvalue weighted by Gasteiger charge is -2.24. The SMILES string of the molecule is COC[C@@H]1CN(C(=O)[C@H]2CCNC2)CC1(C)C. The van der Waals surface area contributed by atoms with Crippen LogP contribution in [0.1, 0.15) is 20.3 Å². The first-order chi connectivity index (χ1) is 8.04. The molecule has 1 amide bonds. The van der Waals surface area contributed by atoms with Gasteiger partial charge in [-0.05, 0) is 18.4 Å². The third kappa shape index (κ3) is 2.63. The van der Waals surface area contributed by atoms with E-state index in [1.807, 2.05) is 4.90 Å². The van der Waals surface area contributed by atoms with Crippen molar-refractivity contribution in [2.45, 2.75) is 20.3 Å². The van der Waals surface area contributed by atoms with Crippen LogP contribution in [0.2, 0.25) is 0 Å². The van der Waals surface area contributed by atoms with Gasteiger partial charge in [-0.15, -0.1) is 0 Å². The van der Waals surface area contributed by atoms with Gasteiger partial charge in [-0.25, -0.2) is 0 Å². The van der Waals surface area contributed by atoms with Gasteiger partial charge < -0.3 is 15.0 Å². The van der Waals surface area contributed by atoms with Gasteiger partial charge in [0.25, 0.3) is 0 Å². The number of hydrogen-bond acceptors (Lipinski definition) is 3. The Morgan fingerprint density at radius 3 is 2.88 bits per heavy atom. The molecule has 0 radical (unpaired) electrons. The second-order valence-electron chi connectivity index (χ2n) is 6.05. The van der Waals surface area contributed by atoms with Crippen molar-refractivity contribution in [3.8, 4) is 0 Å². The lowest BCUT2D eigenvalue weighted by atomic mass is 9.83. The van der Waals surface area contributed by atoms with Crippen LogP contribution in [0.25, 0.3) is 0 Å². The van der Waals surface area contributed by atoms with Crippen LogP contribution in [0.4, 0.5) is 0 Å². The maximum Gasteiger partial charge on any atom is 0.227 e. The van der Waals surface area contributed by atoms with Crippen molar-refractivity contribution in [1.29, 1.82) is 0 Å². The Morgan fingerprint density at radius 1 is 1.53 bits per heavy atom. The van der Waals surface area contributed by atoms with E-state index in [1.165, 1.54) is 0 Å². The first kappa shape index (κ1) is 12.8. The number of hydrogen-bond donors (Lipinski definition) is 1. The molecule has 0 aromatic carbocycles. The van der Waals surface area contributed by atoms with E-state index in [2.05, 4.69) is 19.2 Å². The summed E-state index contributed by atoms with van der Waals surface area (Å²) in [6.45, 7) is 8.78. The Morgan fingerprint density at radius 2 is 2.29 bits per heavy atom. The van der Waals surface area contributed by atoms with Gasteiger partial charge in [0.15, 0.2) is 0 Å². The van der Waals surface area contributed by atoms with Crippen LogP contribution >= 0.6 is 0 Å². The van der Waals surface area contributed by atoms with E-state index in [0.717, 1.165) is 39.2 Å². The molecule has 2 aliphatic rings. The van der Waals surface area contributed by atoms with Crippen molar-refractivity contribution < 1.29 is 9.53 Å². The van der Waals surface area contributed by atoms with Crippen LogP contribution in [0.3, 0.4) is 0 Å². The monoisotopic (exact) mass is 240 g/mol. The highest BCUT2D eigenvalue weighted by atomic mass is 16.5. The molecule has 2 heterocycles. The molecule has 0 saturated carbocycles. The summed E-state index contributed by atoms with van der Waals surface area (Å²) in [4.78, 5) is 14.4. The van der Waals surface area contributed by atoms with Gasteiger partial charge in [-0.2, -0.15) is 0 Å². The van der Waals surface area contributed by atoms with Gasteiger partial charge in [-0.3, -0.25) is 4.79 Å². The van der Waals surface area contributed by atoms with Gasteiger partial charge in [0, 0.05) is 32.7 Å². The predicted octanol–water partition coefficient (Wildman–Crippen LogP) is 0.727. The number of ether oxygens (including phenoxy) is 1. The Bertz CT molecular complexity index is 285. The average Bonchev–Trinajstić information content (AvgIpc) is 2.87. The first-order valence-corrected chi connectivity index (χ1v) is 6.53. The van der Waals surface area contributed by atoms with Gasteiger partial charge in [0.05, 0.1) is 12.5 Å². The van der Waals surface area contributed by atoms with Gasteiger partial charge in [0.1, 0.15) is 0 Å². The lowest BCUT2D eigenvalue weighted by molar-refractivity contribution is -0.134. The summed E-state index contributed by atoms with van der Waals surface area (Å²) >= 11 is 0. The molecule has 2 fully saturated rings. The normalized spacial score (nSPS) is 32.1. The molecule has 0 aliphatic carbocycles. The fraction of sp³-hybridized carbons (Fsp3) is 0.923. The lowest BCUT2D eigenvalue weighted by Crippen LogP contribution is -2.36. The summed E-state index contributed by atoms with van der Waals surface area (Å²) in [6.07, 6.45) is 0.991. The molecule has 2 rings (SSSR count). The second-order valence-corrected chi connectivity index (χ2v) is 6.05. The smallest absolute Gasteiger partial charge is 0.227 e. The summed E-state index contributed by atoms with van der Waals surface area (Å²) in [5.74, 6) is 1.000. The predicted molar refractivity (Wildman–Crippen MR) is 66.7 cm³/mol. The zero-order chi connectivity index (χ0) is 12.5. The molecule has 0 bridgehead atoms. The molecule has 0 aromatic heterocycles. The zero-order valence-corrected chi connectivity index (χ0v) is 11.2. The number of nitrogens with one attached hydrogen (secondary N) is 1. The fourth-order valence-electron chi connectivity index (χ4n) is 2.97. The van der Waals surface area contributed by atoms with E-state index < -0.39 is 0 Å². The number of methoxy groups -OCH3 is 1. The van der Waals surface area contributed by atoms with E-state index >= 15 is 0 Å². The van der Waals surface area contributed by atoms with Crippen LogP contribution in [0.15, 0.2) is 0 Å². The third-order valence-corrected chi connectivity index (χ3v) is 4.23. The minimum Gasteiger partial charge on any atom is -0.384 e. The van der Waals surface area contributed by atoms with E-state index in [9.17, 15) is 4.79 Å². The Balaban J connectivity index is 1.97. The maximum absolute atomic E-state index is 12.3. The van der Waals surface area contributed by atoms with Crippen molar-refractivity contribution in [2.75, 3.05) is 39.9 Å². The minimum atomic E-state index is 0.178. The zero-order valence-electron chi connectivity index (χ0n) is 11.2. The molecule has 1 N–H and O–H groups in total. The van der Waals surface area contributed by atoms with Crippen molar-refractivity contribution in [1.82, 2.24) is 10.2 Å². The van der Waals surface area contributed by atoms with E-state index in [1.54, 1.807) is 7.11 Å². The van der Waals surface area contributed by atoms with Crippen LogP contribution < -0.4 is 5.32 Å². The molecule has 0 unspecified atom stereocenters. The Kier molecular flexibility index (Phi) is 3.73. The number of carbonyl (C=O) groups is 1. The molecular weight excluding hydrogens is 216 g/mol. The number of likely N-dealkylation sites (tertiary alicyclic amines) is 1. The molecule has 98 valence electrons. The molecule has 2 atom stereocenters. The molecule has 2 aliphatic heterocycles. The van der Waals surface area contributed by atoms with Crippen LogP contribution in [-0.4, -0.2) is 50.7 Å². The standard InChI is InChI=1S/C13H24N2O2/c1-13(2)9-15(7-11(13)8-17-3)12(16)10-4-5-14-6-10/h10-11,14H,4-9H2,1-3H3/t10-,11-/m0/s1. The first-order valence-electron chi connectivity index (χ1n) is 6.53. The van der Waals surface area contributed by atoms with Crippen molar-refractivity contribution in [2.24, 2.45) is 17.3 Å². The average molecular weight is 240 g/mol. The summed E-state index contributed by atoms with van der Waals surface area (Å²) in [5, 5.41) is 3.26. The highest BCUT2D eigenvalue weighted by Crippen LogP contribution is 2.36. The number of rotatable bonds is 3. The molecule has 4 nitrogen and oxygen atoms in total. The topological polar surface area (TPSA) is 41.6 Å². The number of nitrogens with zero attached hydrogens (tertiary/aromatic N) is 1. The highest BCUT2D eigenvalue weighted by Gasteiger charge is 2.42. The highest BCUT2D eigenvalue weighted by molar-refractivity contribution is 5.79. The van der Waals surface area contributed by atoms with E-state index in [4.69, 9.17) is 4.74 Å². The molecular formula is C13H24N2O2. The van der Waals surface area contributed by atoms with Crippen LogP contribution in [-0.2, 0) is 9.53 Å². The summed E-state index contributed by atoms with van der Waals surface area (Å²) in [7, 11) is 1.74.